The van der Waals surface area contributed by atoms with E-state index in [1.54, 1.807) is 0 Å². The molecular formula is C32H48N6O2. The summed E-state index contributed by atoms with van der Waals surface area (Å²) in [6.45, 7) is 7.75. The summed E-state index contributed by atoms with van der Waals surface area (Å²) in [7, 11) is 0. The zero-order valence-corrected chi connectivity index (χ0v) is 24.4. The molecule has 218 valence electrons. The zero-order chi connectivity index (χ0) is 28.9. The van der Waals surface area contributed by atoms with Gasteiger partial charge < -0.3 is 21.3 Å². The van der Waals surface area contributed by atoms with Gasteiger partial charge in [0, 0.05) is 37.5 Å². The van der Waals surface area contributed by atoms with Crippen LogP contribution in [-0.4, -0.2) is 60.4 Å². The lowest BCUT2D eigenvalue weighted by atomic mass is 9.90. The molecule has 0 aliphatic carbocycles. The van der Waals surface area contributed by atoms with Crippen molar-refractivity contribution in [1.29, 1.82) is 5.41 Å². The molecule has 8 heteroatoms. The molecule has 40 heavy (non-hydrogen) atoms. The molecule has 1 aliphatic heterocycles. The molecule has 1 fully saturated rings. The number of nitrogens with one attached hydrogen (secondary N) is 4. The van der Waals surface area contributed by atoms with Crippen molar-refractivity contribution >= 4 is 17.8 Å². The van der Waals surface area contributed by atoms with E-state index in [0.29, 0.717) is 32.5 Å². The van der Waals surface area contributed by atoms with E-state index < -0.39 is 6.04 Å². The second-order valence-electron chi connectivity index (χ2n) is 10.9. The SMILES string of the molecule is CCCCC(CC)C(=O)NC[C@@H]1CCN(CC(c2ccccc2)c2ccccc2)C(=O)[C@H](C(CC)NC(=N)N)N1. The minimum absolute atomic E-state index is 0.0133. The number of guanidine groups is 1. The van der Waals surface area contributed by atoms with Crippen molar-refractivity contribution in [2.24, 2.45) is 11.7 Å². The van der Waals surface area contributed by atoms with Crippen molar-refractivity contribution in [3.05, 3.63) is 71.8 Å². The second-order valence-corrected chi connectivity index (χ2v) is 10.9. The highest BCUT2D eigenvalue weighted by atomic mass is 16.2. The zero-order valence-electron chi connectivity index (χ0n) is 24.4. The molecule has 2 amide bonds. The smallest absolute Gasteiger partial charge is 0.241 e. The molecule has 0 bridgehead atoms. The van der Waals surface area contributed by atoms with Crippen LogP contribution in [-0.2, 0) is 9.59 Å². The Labute approximate surface area is 240 Å². The number of rotatable bonds is 14. The minimum atomic E-state index is -0.576. The van der Waals surface area contributed by atoms with Gasteiger partial charge in [0.1, 0.15) is 6.04 Å². The van der Waals surface area contributed by atoms with Crippen LogP contribution in [0.1, 0.15) is 76.3 Å². The van der Waals surface area contributed by atoms with Crippen molar-refractivity contribution in [3.63, 3.8) is 0 Å². The number of nitrogens with zero attached hydrogens (tertiary/aromatic N) is 1. The van der Waals surface area contributed by atoms with Crippen LogP contribution in [0.15, 0.2) is 60.7 Å². The van der Waals surface area contributed by atoms with Gasteiger partial charge in [0.05, 0.1) is 6.04 Å². The number of hydrogen-bond acceptors (Lipinski definition) is 4. The number of hydrogen-bond donors (Lipinski definition) is 5. The van der Waals surface area contributed by atoms with E-state index in [2.05, 4.69) is 54.1 Å². The maximum atomic E-state index is 14.1. The van der Waals surface area contributed by atoms with Gasteiger partial charge in [-0.15, -0.1) is 0 Å². The monoisotopic (exact) mass is 548 g/mol. The van der Waals surface area contributed by atoms with Crippen molar-refractivity contribution in [2.75, 3.05) is 19.6 Å². The number of unbranched alkanes of at least 4 members (excludes halogenated alkanes) is 1. The number of carbonyl (C=O) groups is 2. The van der Waals surface area contributed by atoms with Crippen LogP contribution in [0.2, 0.25) is 0 Å². The van der Waals surface area contributed by atoms with E-state index in [1.807, 2.05) is 48.2 Å². The molecule has 2 unspecified atom stereocenters. The Bertz CT molecular complexity index is 1020. The van der Waals surface area contributed by atoms with E-state index in [0.717, 1.165) is 36.8 Å². The third-order valence-electron chi connectivity index (χ3n) is 8.02. The first-order valence-corrected chi connectivity index (χ1v) is 14.9. The lowest BCUT2D eigenvalue weighted by Gasteiger charge is -2.33. The van der Waals surface area contributed by atoms with Gasteiger partial charge in [-0.25, -0.2) is 0 Å². The Morgan fingerprint density at radius 2 is 1.68 bits per heavy atom. The van der Waals surface area contributed by atoms with Crippen LogP contribution in [0, 0.1) is 11.3 Å². The molecule has 2 aromatic carbocycles. The molecule has 4 atom stereocenters. The molecule has 1 heterocycles. The lowest BCUT2D eigenvalue weighted by molar-refractivity contribution is -0.133. The van der Waals surface area contributed by atoms with Gasteiger partial charge >= 0.3 is 0 Å². The Balaban J connectivity index is 1.83. The highest BCUT2D eigenvalue weighted by molar-refractivity contribution is 5.85. The van der Waals surface area contributed by atoms with E-state index in [-0.39, 0.29) is 41.7 Å². The third kappa shape index (κ3) is 8.81. The first-order chi connectivity index (χ1) is 19.4. The number of nitrogens with two attached hydrogens (primary N) is 1. The van der Waals surface area contributed by atoms with Gasteiger partial charge in [-0.05, 0) is 36.8 Å². The summed E-state index contributed by atoms with van der Waals surface area (Å²) in [6, 6.07) is 19.6. The molecule has 8 nitrogen and oxygen atoms in total. The molecule has 1 saturated heterocycles. The van der Waals surface area contributed by atoms with Gasteiger partial charge in [-0.3, -0.25) is 20.3 Å². The van der Waals surface area contributed by atoms with Gasteiger partial charge in [0.25, 0.3) is 0 Å². The number of benzene rings is 2. The van der Waals surface area contributed by atoms with Gasteiger partial charge in [-0.2, -0.15) is 0 Å². The summed E-state index contributed by atoms with van der Waals surface area (Å²) < 4.78 is 0. The van der Waals surface area contributed by atoms with Gasteiger partial charge in [-0.1, -0.05) is 94.3 Å². The quantitative estimate of drug-likeness (QED) is 0.181. The van der Waals surface area contributed by atoms with Crippen LogP contribution < -0.4 is 21.7 Å². The Kier molecular flexibility index (Phi) is 12.5. The summed E-state index contributed by atoms with van der Waals surface area (Å²) in [5.41, 5.74) is 8.03. The van der Waals surface area contributed by atoms with E-state index >= 15 is 0 Å². The molecule has 0 aromatic heterocycles. The first kappa shape index (κ1) is 31.1. The summed E-state index contributed by atoms with van der Waals surface area (Å²) in [5, 5.41) is 17.5. The molecular weight excluding hydrogens is 500 g/mol. The van der Waals surface area contributed by atoms with E-state index in [1.165, 1.54) is 0 Å². The van der Waals surface area contributed by atoms with Crippen molar-refractivity contribution in [1.82, 2.24) is 20.9 Å². The summed E-state index contributed by atoms with van der Waals surface area (Å²) in [4.78, 5) is 29.0. The topological polar surface area (TPSA) is 123 Å². The van der Waals surface area contributed by atoms with E-state index in [4.69, 9.17) is 11.1 Å². The highest BCUT2D eigenvalue weighted by Crippen LogP contribution is 2.27. The van der Waals surface area contributed by atoms with Gasteiger partial charge in [0.2, 0.25) is 11.8 Å². The van der Waals surface area contributed by atoms with Crippen molar-refractivity contribution in [2.45, 2.75) is 83.3 Å². The Morgan fingerprint density at radius 3 is 2.20 bits per heavy atom. The van der Waals surface area contributed by atoms with Crippen molar-refractivity contribution < 1.29 is 9.59 Å². The Hall–Kier alpha value is -3.39. The fourth-order valence-corrected chi connectivity index (χ4v) is 5.61. The highest BCUT2D eigenvalue weighted by Gasteiger charge is 2.37. The molecule has 3 rings (SSSR count). The maximum Gasteiger partial charge on any atom is 0.241 e. The Morgan fingerprint density at radius 1 is 1.05 bits per heavy atom. The molecule has 2 aromatic rings. The predicted molar refractivity (Wildman–Crippen MR) is 162 cm³/mol. The fourth-order valence-electron chi connectivity index (χ4n) is 5.61. The molecule has 0 saturated carbocycles. The number of carbonyl (C=O) groups excluding carboxylic acids is 2. The lowest BCUT2D eigenvalue weighted by Crippen LogP contribution is -2.60. The average Bonchev–Trinajstić information content (AvgIpc) is 3.13. The minimum Gasteiger partial charge on any atom is -0.370 e. The number of amides is 2. The van der Waals surface area contributed by atoms with E-state index in [9.17, 15) is 9.59 Å². The van der Waals surface area contributed by atoms with Crippen LogP contribution in [0.25, 0.3) is 0 Å². The fraction of sp³-hybridized carbons (Fsp3) is 0.531. The first-order valence-electron chi connectivity index (χ1n) is 14.9. The standard InChI is InChI=1S/C32H48N6O2/c1-4-7-14-23(5-2)30(39)35-21-26-19-20-38(31(40)29(36-26)28(6-3)37-32(33)34)22-27(24-15-10-8-11-16-24)25-17-12-9-13-18-25/h8-13,15-18,23,26-29,36H,4-7,14,19-22H2,1-3H3,(H,35,39)(H4,33,34,37)/t23?,26-,28?,29-/m0/s1. The average molecular weight is 549 g/mol. The molecule has 0 spiro atoms. The van der Waals surface area contributed by atoms with Gasteiger partial charge in [0.15, 0.2) is 5.96 Å². The summed E-state index contributed by atoms with van der Waals surface area (Å²) in [5.74, 6) is -0.0484. The van der Waals surface area contributed by atoms with Crippen LogP contribution in [0.5, 0.6) is 0 Å². The molecule has 6 N–H and O–H groups in total. The summed E-state index contributed by atoms with van der Waals surface area (Å²) in [6.07, 6.45) is 5.15. The largest absolute Gasteiger partial charge is 0.370 e. The third-order valence-corrected chi connectivity index (χ3v) is 8.02. The molecule has 1 aliphatic rings. The summed E-state index contributed by atoms with van der Waals surface area (Å²) >= 11 is 0. The van der Waals surface area contributed by atoms with Crippen LogP contribution in [0.3, 0.4) is 0 Å². The van der Waals surface area contributed by atoms with Crippen molar-refractivity contribution in [3.8, 4) is 0 Å². The van der Waals surface area contributed by atoms with Crippen LogP contribution in [0.4, 0.5) is 0 Å². The second kappa shape index (κ2) is 16.0. The normalized spacial score (nSPS) is 19.1. The predicted octanol–water partition coefficient (Wildman–Crippen LogP) is 3.97. The maximum absolute atomic E-state index is 14.1. The van der Waals surface area contributed by atoms with Crippen LogP contribution >= 0.6 is 0 Å². The molecule has 0 radical (unpaired) electrons.